The molecule has 0 aromatic heterocycles. The minimum atomic E-state index is 0.145. The Balaban J connectivity index is 1.33. The molecular formula is C26H33ClN2O3. The van der Waals surface area contributed by atoms with Gasteiger partial charge in [-0.05, 0) is 67.5 Å². The number of benzene rings is 2. The molecule has 1 heterocycles. The summed E-state index contributed by atoms with van der Waals surface area (Å²) in [5.41, 5.74) is 2.15. The van der Waals surface area contributed by atoms with Crippen molar-refractivity contribution in [2.75, 3.05) is 26.7 Å². The van der Waals surface area contributed by atoms with Gasteiger partial charge in [-0.2, -0.15) is 0 Å². The number of hydrogen-bond acceptors (Lipinski definition) is 3. The number of halogens is 1. The lowest BCUT2D eigenvalue weighted by molar-refractivity contribution is -0.134. The number of carbonyl (C=O) groups excluding carboxylic acids is 2. The van der Waals surface area contributed by atoms with Gasteiger partial charge in [-0.1, -0.05) is 35.9 Å². The van der Waals surface area contributed by atoms with Crippen molar-refractivity contribution in [1.29, 1.82) is 0 Å². The van der Waals surface area contributed by atoms with Crippen molar-refractivity contribution in [3.05, 3.63) is 64.7 Å². The van der Waals surface area contributed by atoms with E-state index in [1.54, 1.807) is 4.90 Å². The van der Waals surface area contributed by atoms with E-state index in [-0.39, 0.29) is 11.8 Å². The summed E-state index contributed by atoms with van der Waals surface area (Å²) in [5.74, 6) is 1.58. The van der Waals surface area contributed by atoms with Gasteiger partial charge in [-0.25, -0.2) is 0 Å². The largest absolute Gasteiger partial charge is 0.493 e. The van der Waals surface area contributed by atoms with E-state index in [1.165, 1.54) is 0 Å². The Labute approximate surface area is 196 Å². The number of carbonyl (C=O) groups is 2. The van der Waals surface area contributed by atoms with Gasteiger partial charge < -0.3 is 14.5 Å². The molecule has 2 aromatic carbocycles. The minimum absolute atomic E-state index is 0.145. The molecule has 2 amide bonds. The van der Waals surface area contributed by atoms with Crippen LogP contribution in [0.25, 0.3) is 0 Å². The van der Waals surface area contributed by atoms with E-state index in [9.17, 15) is 9.59 Å². The molecule has 3 rings (SSSR count). The lowest BCUT2D eigenvalue weighted by atomic mass is 9.92. The summed E-state index contributed by atoms with van der Waals surface area (Å²) in [4.78, 5) is 28.7. The summed E-state index contributed by atoms with van der Waals surface area (Å²) in [6.45, 7) is 4.50. The highest BCUT2D eigenvalue weighted by molar-refractivity contribution is 6.30. The number of rotatable bonds is 9. The summed E-state index contributed by atoms with van der Waals surface area (Å²) < 4.78 is 5.63. The molecule has 0 spiro atoms. The average molecular weight is 457 g/mol. The zero-order valence-electron chi connectivity index (χ0n) is 19.1. The van der Waals surface area contributed by atoms with Crippen molar-refractivity contribution in [3.8, 4) is 5.75 Å². The molecule has 1 saturated heterocycles. The van der Waals surface area contributed by atoms with Crippen LogP contribution in [0.5, 0.6) is 5.75 Å². The van der Waals surface area contributed by atoms with Gasteiger partial charge >= 0.3 is 0 Å². The van der Waals surface area contributed by atoms with Gasteiger partial charge in [-0.3, -0.25) is 9.59 Å². The number of amides is 2. The molecule has 2 aromatic rings. The Morgan fingerprint density at radius 3 is 2.50 bits per heavy atom. The third-order valence-corrected chi connectivity index (χ3v) is 6.23. The first-order valence-corrected chi connectivity index (χ1v) is 11.7. The molecule has 0 N–H and O–H groups in total. The first kappa shape index (κ1) is 24.1. The normalized spacial score (nSPS) is 14.3. The van der Waals surface area contributed by atoms with Gasteiger partial charge in [0, 0.05) is 38.1 Å². The van der Waals surface area contributed by atoms with Crippen molar-refractivity contribution in [2.45, 2.75) is 45.6 Å². The van der Waals surface area contributed by atoms with E-state index in [1.807, 2.05) is 61.3 Å². The summed E-state index contributed by atoms with van der Waals surface area (Å²) in [5, 5.41) is 0.703. The van der Waals surface area contributed by atoms with Crippen LogP contribution in [0, 0.1) is 12.8 Å². The van der Waals surface area contributed by atoms with Gasteiger partial charge in [0.2, 0.25) is 11.8 Å². The molecular weight excluding hydrogens is 424 g/mol. The predicted molar refractivity (Wildman–Crippen MR) is 128 cm³/mol. The van der Waals surface area contributed by atoms with Crippen LogP contribution in [-0.4, -0.2) is 48.4 Å². The molecule has 32 heavy (non-hydrogen) atoms. The third-order valence-electron chi connectivity index (χ3n) is 6.01. The Hall–Kier alpha value is -2.53. The molecule has 1 aliphatic heterocycles. The number of piperidine rings is 1. The van der Waals surface area contributed by atoms with Crippen LogP contribution in [0.2, 0.25) is 5.02 Å². The van der Waals surface area contributed by atoms with Gasteiger partial charge in [0.05, 0.1) is 13.0 Å². The van der Waals surface area contributed by atoms with Crippen LogP contribution >= 0.6 is 11.6 Å². The Bertz CT molecular complexity index is 875. The number of hydrogen-bond donors (Lipinski definition) is 0. The number of para-hydroxylation sites is 1. The fraction of sp³-hybridized carbons (Fsp3) is 0.462. The molecule has 172 valence electrons. The summed E-state index contributed by atoms with van der Waals surface area (Å²) in [6.07, 6.45) is 3.72. The first-order chi connectivity index (χ1) is 15.4. The maximum Gasteiger partial charge on any atom is 0.225 e. The fourth-order valence-electron chi connectivity index (χ4n) is 4.19. The van der Waals surface area contributed by atoms with Gasteiger partial charge in [0.25, 0.3) is 0 Å². The standard InChI is InChI=1S/C26H33ClN2O3/c1-20-16-22(18-23(27)17-20)19-28(2)25(30)9-8-21-10-13-29(14-11-21)26(31)12-15-32-24-6-4-3-5-7-24/h3-7,16-18,21H,8-15,19H2,1-2H3. The summed E-state index contributed by atoms with van der Waals surface area (Å²) in [6, 6.07) is 15.5. The monoisotopic (exact) mass is 456 g/mol. The third kappa shape index (κ3) is 7.56. The van der Waals surface area contributed by atoms with Gasteiger partial charge in [-0.15, -0.1) is 0 Å². The second kappa shape index (κ2) is 11.9. The van der Waals surface area contributed by atoms with Crippen LogP contribution in [0.3, 0.4) is 0 Å². The van der Waals surface area contributed by atoms with E-state index in [0.717, 1.165) is 49.2 Å². The van der Waals surface area contributed by atoms with Crippen molar-refractivity contribution in [2.24, 2.45) is 5.92 Å². The maximum absolute atomic E-state index is 12.6. The van der Waals surface area contributed by atoms with E-state index in [4.69, 9.17) is 16.3 Å². The van der Waals surface area contributed by atoms with Crippen LogP contribution < -0.4 is 4.74 Å². The fourth-order valence-corrected chi connectivity index (χ4v) is 4.50. The average Bonchev–Trinajstić information content (AvgIpc) is 2.77. The van der Waals surface area contributed by atoms with Crippen LogP contribution in [0.15, 0.2) is 48.5 Å². The van der Waals surface area contributed by atoms with E-state index >= 15 is 0 Å². The summed E-state index contributed by atoms with van der Waals surface area (Å²) >= 11 is 6.13. The molecule has 1 aliphatic rings. The second-order valence-corrected chi connectivity index (χ2v) is 9.10. The Morgan fingerprint density at radius 1 is 1.09 bits per heavy atom. The molecule has 5 nitrogen and oxygen atoms in total. The molecule has 0 saturated carbocycles. The zero-order chi connectivity index (χ0) is 22.9. The highest BCUT2D eigenvalue weighted by Gasteiger charge is 2.23. The van der Waals surface area contributed by atoms with E-state index in [0.29, 0.717) is 36.9 Å². The molecule has 0 atom stereocenters. The van der Waals surface area contributed by atoms with Crippen molar-refractivity contribution in [3.63, 3.8) is 0 Å². The molecule has 0 bridgehead atoms. The van der Waals surface area contributed by atoms with Crippen molar-refractivity contribution in [1.82, 2.24) is 9.80 Å². The maximum atomic E-state index is 12.6. The zero-order valence-corrected chi connectivity index (χ0v) is 19.8. The number of nitrogens with zero attached hydrogens (tertiary/aromatic N) is 2. The topological polar surface area (TPSA) is 49.9 Å². The van der Waals surface area contributed by atoms with E-state index < -0.39 is 0 Å². The van der Waals surface area contributed by atoms with Gasteiger partial charge in [0.1, 0.15) is 5.75 Å². The minimum Gasteiger partial charge on any atom is -0.493 e. The molecule has 1 fully saturated rings. The smallest absolute Gasteiger partial charge is 0.225 e. The first-order valence-electron chi connectivity index (χ1n) is 11.4. The highest BCUT2D eigenvalue weighted by Crippen LogP contribution is 2.23. The Morgan fingerprint density at radius 2 is 1.81 bits per heavy atom. The van der Waals surface area contributed by atoms with Crippen molar-refractivity contribution >= 4 is 23.4 Å². The molecule has 0 aliphatic carbocycles. The van der Waals surface area contributed by atoms with Crippen LogP contribution in [0.1, 0.15) is 43.2 Å². The Kier molecular flexibility index (Phi) is 8.98. The highest BCUT2D eigenvalue weighted by atomic mass is 35.5. The van der Waals surface area contributed by atoms with E-state index in [2.05, 4.69) is 6.07 Å². The second-order valence-electron chi connectivity index (χ2n) is 8.66. The quantitative estimate of drug-likeness (QED) is 0.527. The van der Waals surface area contributed by atoms with Crippen LogP contribution in [0.4, 0.5) is 0 Å². The lowest BCUT2D eigenvalue weighted by Gasteiger charge is -2.32. The molecule has 6 heteroatoms. The van der Waals surface area contributed by atoms with Gasteiger partial charge in [0.15, 0.2) is 0 Å². The molecule has 0 unspecified atom stereocenters. The van der Waals surface area contributed by atoms with Crippen molar-refractivity contribution < 1.29 is 14.3 Å². The van der Waals surface area contributed by atoms with Crippen LogP contribution in [-0.2, 0) is 16.1 Å². The molecule has 0 radical (unpaired) electrons. The number of aryl methyl sites for hydroxylation is 1. The number of ether oxygens (including phenoxy) is 1. The summed E-state index contributed by atoms with van der Waals surface area (Å²) in [7, 11) is 1.84. The predicted octanol–water partition coefficient (Wildman–Crippen LogP) is 5.09. The lowest BCUT2D eigenvalue weighted by Crippen LogP contribution is -2.39. The SMILES string of the molecule is Cc1cc(Cl)cc(CN(C)C(=O)CCC2CCN(C(=O)CCOc3ccccc3)CC2)c1. The number of likely N-dealkylation sites (tertiary alicyclic amines) is 1.